The summed E-state index contributed by atoms with van der Waals surface area (Å²) in [6.07, 6.45) is 1.40. The van der Waals surface area contributed by atoms with E-state index >= 15 is 0 Å². The summed E-state index contributed by atoms with van der Waals surface area (Å²) in [5, 5.41) is 0.242. The van der Waals surface area contributed by atoms with Gasteiger partial charge in [-0.05, 0) is 55.3 Å². The van der Waals surface area contributed by atoms with Crippen LogP contribution in [0.1, 0.15) is 11.1 Å². The van der Waals surface area contributed by atoms with Crippen LogP contribution in [-0.4, -0.2) is 8.42 Å². The van der Waals surface area contributed by atoms with Crippen molar-refractivity contribution in [2.75, 3.05) is 0 Å². The second-order valence-electron chi connectivity index (χ2n) is 6.38. The maximum Gasteiger partial charge on any atom is 0.339 e. The highest BCUT2D eigenvalue weighted by Crippen LogP contribution is 2.34. The van der Waals surface area contributed by atoms with Gasteiger partial charge in [-0.25, -0.2) is 0 Å². The lowest BCUT2D eigenvalue weighted by Crippen LogP contribution is -2.17. The summed E-state index contributed by atoms with van der Waals surface area (Å²) >= 11 is 0. The minimum atomic E-state index is -4.24. The van der Waals surface area contributed by atoms with Gasteiger partial charge in [0.05, 0.1) is 11.6 Å². The molecule has 0 fully saturated rings. The maximum atomic E-state index is 13.2. The molecule has 0 aliphatic heterocycles. The number of hydrogen-bond donors (Lipinski definition) is 0. The first-order valence-corrected chi connectivity index (χ1v) is 9.89. The second-order valence-corrected chi connectivity index (χ2v) is 7.92. The highest BCUT2D eigenvalue weighted by atomic mass is 32.2. The zero-order chi connectivity index (χ0) is 19.9. The van der Waals surface area contributed by atoms with E-state index in [1.807, 2.05) is 19.9 Å². The van der Waals surface area contributed by atoms with Crippen LogP contribution in [0.5, 0.6) is 5.75 Å². The molecule has 2 heterocycles. The molecule has 2 aromatic heterocycles. The summed E-state index contributed by atoms with van der Waals surface area (Å²) in [5.74, 6) is -0.317. The molecule has 142 valence electrons. The van der Waals surface area contributed by atoms with Crippen molar-refractivity contribution in [3.05, 3.63) is 82.2 Å². The zero-order valence-electron chi connectivity index (χ0n) is 15.1. The van der Waals surface area contributed by atoms with Crippen molar-refractivity contribution in [2.45, 2.75) is 18.7 Å². The van der Waals surface area contributed by atoms with Gasteiger partial charge in [-0.1, -0.05) is 24.3 Å². The van der Waals surface area contributed by atoms with Crippen molar-refractivity contribution in [3.63, 3.8) is 0 Å². The molecule has 0 bridgehead atoms. The molecule has 0 atom stereocenters. The van der Waals surface area contributed by atoms with E-state index in [1.165, 1.54) is 18.4 Å². The predicted molar refractivity (Wildman–Crippen MR) is 104 cm³/mol. The SMILES string of the molecule is Cc1cc(C)c2oc(-c3ccco3)c(OS(=O)(=O)c3ccccc3)c(=O)c2c1. The van der Waals surface area contributed by atoms with Crippen LogP contribution in [0.3, 0.4) is 0 Å². The Morgan fingerprint density at radius 1 is 0.964 bits per heavy atom. The van der Waals surface area contributed by atoms with Gasteiger partial charge in [0.2, 0.25) is 16.9 Å². The molecule has 0 amide bonds. The lowest BCUT2D eigenvalue weighted by Gasteiger charge is -2.11. The monoisotopic (exact) mass is 396 g/mol. The van der Waals surface area contributed by atoms with Crippen molar-refractivity contribution in [1.29, 1.82) is 0 Å². The molecule has 4 aromatic rings. The zero-order valence-corrected chi connectivity index (χ0v) is 15.9. The molecular weight excluding hydrogens is 380 g/mol. The molecule has 0 saturated carbocycles. The van der Waals surface area contributed by atoms with Crippen molar-refractivity contribution in [2.24, 2.45) is 0 Å². The fourth-order valence-corrected chi connectivity index (χ4v) is 3.98. The normalized spacial score (nSPS) is 11.6. The third-order valence-corrected chi connectivity index (χ3v) is 5.49. The summed E-state index contributed by atoms with van der Waals surface area (Å²) in [6.45, 7) is 3.65. The van der Waals surface area contributed by atoms with Crippen LogP contribution in [0, 0.1) is 13.8 Å². The number of rotatable bonds is 4. The molecule has 0 N–H and O–H groups in total. The van der Waals surface area contributed by atoms with Crippen LogP contribution in [0.2, 0.25) is 0 Å². The molecule has 28 heavy (non-hydrogen) atoms. The van der Waals surface area contributed by atoms with E-state index in [0.717, 1.165) is 11.1 Å². The van der Waals surface area contributed by atoms with E-state index in [2.05, 4.69) is 0 Å². The molecule has 0 aliphatic carbocycles. The van der Waals surface area contributed by atoms with Crippen LogP contribution >= 0.6 is 0 Å². The Morgan fingerprint density at radius 2 is 1.71 bits per heavy atom. The smallest absolute Gasteiger partial charge is 0.339 e. The minimum Gasteiger partial charge on any atom is -0.461 e. The summed E-state index contributed by atoms with van der Waals surface area (Å²) in [7, 11) is -4.24. The maximum absolute atomic E-state index is 13.2. The molecule has 0 radical (unpaired) electrons. The fraction of sp³-hybridized carbons (Fsp3) is 0.0952. The number of furan rings is 1. The van der Waals surface area contributed by atoms with Gasteiger partial charge in [0, 0.05) is 0 Å². The Bertz CT molecular complexity index is 1320. The third-order valence-electron chi connectivity index (χ3n) is 4.25. The molecule has 2 aromatic carbocycles. The summed E-state index contributed by atoms with van der Waals surface area (Å²) < 4.78 is 41.9. The Hall–Kier alpha value is -3.32. The van der Waals surface area contributed by atoms with E-state index in [1.54, 1.807) is 36.4 Å². The van der Waals surface area contributed by atoms with E-state index in [9.17, 15) is 13.2 Å². The average Bonchev–Trinajstić information content (AvgIpc) is 3.19. The predicted octanol–water partition coefficient (Wildman–Crippen LogP) is 4.44. The molecule has 0 saturated heterocycles. The van der Waals surface area contributed by atoms with Gasteiger partial charge >= 0.3 is 10.1 Å². The van der Waals surface area contributed by atoms with Gasteiger partial charge in [-0.2, -0.15) is 8.42 Å². The number of benzene rings is 2. The van der Waals surface area contributed by atoms with Gasteiger partial charge in [0.25, 0.3) is 0 Å². The van der Waals surface area contributed by atoms with E-state index in [0.29, 0.717) is 5.58 Å². The largest absolute Gasteiger partial charge is 0.461 e. The molecule has 0 unspecified atom stereocenters. The first-order chi connectivity index (χ1) is 13.4. The first-order valence-electron chi connectivity index (χ1n) is 8.48. The standard InChI is InChI=1S/C21H16O6S/c1-13-11-14(2)19-16(12-13)18(22)21(20(26-19)17-9-6-10-25-17)27-28(23,24)15-7-4-3-5-8-15/h3-12H,1-2H3. The van der Waals surface area contributed by atoms with Crippen LogP contribution in [0.15, 0.2) is 79.4 Å². The summed E-state index contributed by atoms with van der Waals surface area (Å²) in [5.41, 5.74) is 1.36. The summed E-state index contributed by atoms with van der Waals surface area (Å²) in [4.78, 5) is 13.1. The van der Waals surface area contributed by atoms with E-state index < -0.39 is 21.3 Å². The van der Waals surface area contributed by atoms with E-state index in [-0.39, 0.29) is 21.8 Å². The lowest BCUT2D eigenvalue weighted by atomic mass is 10.1. The molecular formula is C21H16O6S. The highest BCUT2D eigenvalue weighted by molar-refractivity contribution is 7.87. The molecule has 0 spiro atoms. The van der Waals surface area contributed by atoms with Gasteiger partial charge in [-0.15, -0.1) is 0 Å². The molecule has 4 rings (SSSR count). The molecule has 7 heteroatoms. The number of aryl methyl sites for hydroxylation is 2. The van der Waals surface area contributed by atoms with Crippen LogP contribution < -0.4 is 9.61 Å². The minimum absolute atomic E-state index is 0.0692. The Morgan fingerprint density at radius 3 is 2.39 bits per heavy atom. The number of fused-ring (bicyclic) bond motifs is 1. The van der Waals surface area contributed by atoms with Crippen molar-refractivity contribution < 1.29 is 21.4 Å². The van der Waals surface area contributed by atoms with Gasteiger partial charge < -0.3 is 13.0 Å². The average molecular weight is 396 g/mol. The van der Waals surface area contributed by atoms with Gasteiger partial charge in [0.15, 0.2) is 5.76 Å². The lowest BCUT2D eigenvalue weighted by molar-refractivity contribution is 0.463. The van der Waals surface area contributed by atoms with Gasteiger partial charge in [-0.3, -0.25) is 4.79 Å². The topological polar surface area (TPSA) is 86.7 Å². The van der Waals surface area contributed by atoms with Gasteiger partial charge in [0.1, 0.15) is 10.5 Å². The second kappa shape index (κ2) is 6.69. The summed E-state index contributed by atoms with van der Waals surface area (Å²) in [6, 6.07) is 14.3. The Balaban J connectivity index is 2.00. The van der Waals surface area contributed by atoms with E-state index in [4.69, 9.17) is 13.0 Å². The molecule has 0 aliphatic rings. The van der Waals surface area contributed by atoms with Crippen LogP contribution in [0.25, 0.3) is 22.5 Å². The number of hydrogen-bond acceptors (Lipinski definition) is 6. The quantitative estimate of drug-likeness (QED) is 0.474. The highest BCUT2D eigenvalue weighted by Gasteiger charge is 2.26. The van der Waals surface area contributed by atoms with Crippen LogP contribution in [-0.2, 0) is 10.1 Å². The molecule has 6 nitrogen and oxygen atoms in total. The van der Waals surface area contributed by atoms with Crippen molar-refractivity contribution >= 4 is 21.1 Å². The third kappa shape index (κ3) is 3.10. The van der Waals surface area contributed by atoms with Crippen LogP contribution in [0.4, 0.5) is 0 Å². The Labute approximate surface area is 161 Å². The Kier molecular flexibility index (Phi) is 4.31. The first kappa shape index (κ1) is 18.1. The van der Waals surface area contributed by atoms with Crippen molar-refractivity contribution in [1.82, 2.24) is 0 Å². The van der Waals surface area contributed by atoms with Crippen molar-refractivity contribution in [3.8, 4) is 17.3 Å². The fourth-order valence-electron chi connectivity index (χ4n) is 3.02.